The van der Waals surface area contributed by atoms with E-state index in [2.05, 4.69) is 69.3 Å². The summed E-state index contributed by atoms with van der Waals surface area (Å²) in [7, 11) is -2.60. The summed E-state index contributed by atoms with van der Waals surface area (Å²) in [6.07, 6.45) is 5.06. The smallest absolute Gasteiger partial charge is 0.261 e. The molecule has 0 amide bonds. The fourth-order valence-electron chi connectivity index (χ4n) is 3.39. The number of hydrogen-bond donors (Lipinski definition) is 0. The van der Waals surface area contributed by atoms with Gasteiger partial charge in [-0.1, -0.05) is 93.6 Å². The van der Waals surface area contributed by atoms with Gasteiger partial charge in [0.15, 0.2) is 0 Å². The average Bonchev–Trinajstić information content (AvgIpc) is 2.60. The maximum absolute atomic E-state index is 11.2. The molecule has 25 heavy (non-hydrogen) atoms. The van der Waals surface area contributed by atoms with Gasteiger partial charge < -0.3 is 9.22 Å². The van der Waals surface area contributed by atoms with Crippen LogP contribution in [0.2, 0.25) is 5.04 Å². The molecule has 132 valence electrons. The Labute approximate surface area is 152 Å². The van der Waals surface area contributed by atoms with Crippen molar-refractivity contribution >= 4 is 25.0 Å². The molecule has 0 aromatic heterocycles. The molecule has 2 rings (SSSR count). The Kier molecular flexibility index (Phi) is 6.51. The number of carbonyl (C=O) groups excluding carboxylic acids is 1. The van der Waals surface area contributed by atoms with Gasteiger partial charge in [0.2, 0.25) is 0 Å². The molecule has 0 radical (unpaired) electrons. The van der Waals surface area contributed by atoms with Crippen LogP contribution in [0.3, 0.4) is 0 Å². The quantitative estimate of drug-likeness (QED) is 0.426. The summed E-state index contributed by atoms with van der Waals surface area (Å²) >= 11 is 0. The first-order valence-corrected chi connectivity index (χ1v) is 10.7. The lowest BCUT2D eigenvalue weighted by Crippen LogP contribution is -2.67. The fraction of sp³-hybridized carbons (Fsp3) is 0.318. The monoisotopic (exact) mass is 352 g/mol. The van der Waals surface area contributed by atoms with Gasteiger partial charge in [-0.3, -0.25) is 0 Å². The number of hydrogen-bond acceptors (Lipinski definition) is 2. The topological polar surface area (TPSA) is 26.3 Å². The van der Waals surface area contributed by atoms with Gasteiger partial charge in [-0.15, -0.1) is 0 Å². The van der Waals surface area contributed by atoms with Crippen molar-refractivity contribution in [1.29, 1.82) is 0 Å². The lowest BCUT2D eigenvalue weighted by atomic mass is 10.2. The lowest BCUT2D eigenvalue weighted by molar-refractivity contribution is -0.108. The maximum Gasteiger partial charge on any atom is 0.261 e. The highest BCUT2D eigenvalue weighted by Crippen LogP contribution is 2.37. The molecular formula is C22H28O2Si. The van der Waals surface area contributed by atoms with Gasteiger partial charge >= 0.3 is 0 Å². The van der Waals surface area contributed by atoms with Gasteiger partial charge in [0.1, 0.15) is 6.29 Å². The molecule has 1 atom stereocenters. The SMILES string of the molecule is C/C=C/C(CC=O)O[Si](c1ccccc1)(c1ccccc1)C(C)(C)C. The Morgan fingerprint density at radius 3 is 1.80 bits per heavy atom. The number of aldehydes is 1. The minimum atomic E-state index is -2.60. The molecule has 0 saturated heterocycles. The van der Waals surface area contributed by atoms with Crippen molar-refractivity contribution in [3.8, 4) is 0 Å². The summed E-state index contributed by atoms with van der Waals surface area (Å²) in [5.41, 5.74) is 0. The first kappa shape index (κ1) is 19.4. The second-order valence-electron chi connectivity index (χ2n) is 7.25. The van der Waals surface area contributed by atoms with Crippen LogP contribution in [0, 0.1) is 0 Å². The predicted octanol–water partition coefficient (Wildman–Crippen LogP) is 4.10. The van der Waals surface area contributed by atoms with Crippen LogP contribution in [-0.2, 0) is 9.22 Å². The normalized spacial score (nSPS) is 13.8. The van der Waals surface area contributed by atoms with Gasteiger partial charge in [-0.25, -0.2) is 0 Å². The number of benzene rings is 2. The van der Waals surface area contributed by atoms with Crippen LogP contribution in [0.1, 0.15) is 34.1 Å². The van der Waals surface area contributed by atoms with Gasteiger partial charge in [-0.05, 0) is 22.3 Å². The third-order valence-electron chi connectivity index (χ3n) is 4.48. The standard InChI is InChI=1S/C22H28O2Si/c1-5-12-19(17-18-23)24-25(22(2,3)4,20-13-8-6-9-14-20)21-15-10-7-11-16-21/h5-16,18-19H,17H2,1-4H3/b12-5+. The van der Waals surface area contributed by atoms with Crippen molar-refractivity contribution in [2.75, 3.05) is 0 Å². The minimum Gasteiger partial charge on any atom is -0.401 e. The Morgan fingerprint density at radius 1 is 0.960 bits per heavy atom. The van der Waals surface area contributed by atoms with Crippen molar-refractivity contribution in [1.82, 2.24) is 0 Å². The lowest BCUT2D eigenvalue weighted by Gasteiger charge is -2.44. The van der Waals surface area contributed by atoms with Gasteiger partial charge in [0.05, 0.1) is 6.10 Å². The van der Waals surface area contributed by atoms with E-state index in [1.54, 1.807) is 0 Å². The second kappa shape index (κ2) is 8.41. The molecule has 2 aromatic carbocycles. The summed E-state index contributed by atoms with van der Waals surface area (Å²) in [5, 5.41) is 2.38. The first-order valence-electron chi connectivity index (χ1n) is 8.81. The number of allylic oxidation sites excluding steroid dienone is 1. The van der Waals surface area contributed by atoms with Gasteiger partial charge in [0, 0.05) is 6.42 Å². The van der Waals surface area contributed by atoms with Crippen molar-refractivity contribution in [2.24, 2.45) is 0 Å². The number of carbonyl (C=O) groups is 1. The largest absolute Gasteiger partial charge is 0.401 e. The van der Waals surface area contributed by atoms with Gasteiger partial charge in [-0.2, -0.15) is 0 Å². The summed E-state index contributed by atoms with van der Waals surface area (Å²) < 4.78 is 6.88. The van der Waals surface area contributed by atoms with Crippen molar-refractivity contribution in [3.05, 3.63) is 72.8 Å². The van der Waals surface area contributed by atoms with Crippen molar-refractivity contribution in [2.45, 2.75) is 45.3 Å². The van der Waals surface area contributed by atoms with Crippen LogP contribution in [-0.4, -0.2) is 20.7 Å². The minimum absolute atomic E-state index is 0.0849. The molecule has 0 aliphatic heterocycles. The van der Waals surface area contributed by atoms with Crippen LogP contribution >= 0.6 is 0 Å². The molecule has 0 aliphatic rings. The summed E-state index contributed by atoms with van der Waals surface area (Å²) in [4.78, 5) is 11.2. The Morgan fingerprint density at radius 2 is 1.44 bits per heavy atom. The van der Waals surface area contributed by atoms with Crippen LogP contribution in [0.5, 0.6) is 0 Å². The second-order valence-corrected chi connectivity index (χ2v) is 11.5. The van der Waals surface area contributed by atoms with Crippen LogP contribution < -0.4 is 10.4 Å². The molecule has 0 bridgehead atoms. The zero-order valence-corrected chi connectivity index (χ0v) is 16.6. The van der Waals surface area contributed by atoms with E-state index in [0.717, 1.165) is 6.29 Å². The zero-order chi connectivity index (χ0) is 18.3. The van der Waals surface area contributed by atoms with Crippen LogP contribution in [0.15, 0.2) is 72.8 Å². The summed E-state index contributed by atoms with van der Waals surface area (Å²) in [5.74, 6) is 0. The predicted molar refractivity (Wildman–Crippen MR) is 108 cm³/mol. The molecule has 0 spiro atoms. The van der Waals surface area contributed by atoms with E-state index in [1.165, 1.54) is 10.4 Å². The summed E-state index contributed by atoms with van der Waals surface area (Å²) in [6.45, 7) is 8.69. The molecule has 0 aliphatic carbocycles. The van der Waals surface area contributed by atoms with E-state index in [9.17, 15) is 4.79 Å². The van der Waals surface area contributed by atoms with E-state index in [-0.39, 0.29) is 11.1 Å². The fourth-order valence-corrected chi connectivity index (χ4v) is 8.04. The van der Waals surface area contributed by atoms with E-state index >= 15 is 0 Å². The highest BCUT2D eigenvalue weighted by molar-refractivity contribution is 6.99. The Balaban J connectivity index is 2.70. The molecule has 0 heterocycles. The molecular weight excluding hydrogens is 324 g/mol. The maximum atomic E-state index is 11.2. The molecule has 2 aromatic rings. The molecule has 0 saturated carbocycles. The van der Waals surface area contributed by atoms with E-state index in [4.69, 9.17) is 4.43 Å². The van der Waals surface area contributed by atoms with E-state index in [1.807, 2.05) is 31.2 Å². The number of rotatable bonds is 7. The highest BCUT2D eigenvalue weighted by Gasteiger charge is 2.51. The molecule has 0 N–H and O–H groups in total. The third-order valence-corrected chi connectivity index (χ3v) is 9.54. The van der Waals surface area contributed by atoms with Crippen LogP contribution in [0.4, 0.5) is 0 Å². The van der Waals surface area contributed by atoms with Crippen molar-refractivity contribution < 1.29 is 9.22 Å². The molecule has 1 unspecified atom stereocenters. The average molecular weight is 353 g/mol. The van der Waals surface area contributed by atoms with E-state index < -0.39 is 8.32 Å². The first-order chi connectivity index (χ1) is 12.0. The van der Waals surface area contributed by atoms with Crippen LogP contribution in [0.25, 0.3) is 0 Å². The molecule has 2 nitrogen and oxygen atoms in total. The van der Waals surface area contributed by atoms with E-state index in [0.29, 0.717) is 6.42 Å². The molecule has 3 heteroatoms. The molecule has 0 fully saturated rings. The van der Waals surface area contributed by atoms with Crippen molar-refractivity contribution in [3.63, 3.8) is 0 Å². The van der Waals surface area contributed by atoms with Gasteiger partial charge in [0.25, 0.3) is 8.32 Å². The Hall–Kier alpha value is -1.97. The third kappa shape index (κ3) is 4.17. The zero-order valence-electron chi connectivity index (χ0n) is 15.6. The Bertz CT molecular complexity index is 647. The summed E-state index contributed by atoms with van der Waals surface area (Å²) in [6, 6.07) is 21.0. The highest BCUT2D eigenvalue weighted by atomic mass is 28.4.